The summed E-state index contributed by atoms with van der Waals surface area (Å²) in [5.74, 6) is 1.36. The molecule has 2 saturated carbocycles. The molecule has 2 heterocycles. The SMILES string of the molecule is CCC1(CC)CC2CC(CC)(CC)C(O)C2C1O.[Ir].[c-]1c(-c2ccccn2)oc2ccccc12. The molecule has 0 aliphatic heterocycles. The first-order chi connectivity index (χ1) is 15.9. The molecule has 2 aliphatic rings. The van der Waals surface area contributed by atoms with Crippen LogP contribution < -0.4 is 0 Å². The van der Waals surface area contributed by atoms with Gasteiger partial charge in [0.2, 0.25) is 0 Å². The van der Waals surface area contributed by atoms with Crippen molar-refractivity contribution < 1.29 is 34.7 Å². The van der Waals surface area contributed by atoms with Gasteiger partial charge in [-0.25, -0.2) is 0 Å². The van der Waals surface area contributed by atoms with Crippen LogP contribution in [0.5, 0.6) is 0 Å². The molecule has 2 aliphatic carbocycles. The first-order valence-corrected chi connectivity index (χ1v) is 12.6. The largest absolute Gasteiger partial charge is 0.518 e. The summed E-state index contributed by atoms with van der Waals surface area (Å²) in [4.78, 5) is 4.22. The van der Waals surface area contributed by atoms with Crippen molar-refractivity contribution in [2.24, 2.45) is 22.7 Å². The fourth-order valence-electron chi connectivity index (χ4n) is 6.58. The first-order valence-electron chi connectivity index (χ1n) is 12.6. The zero-order valence-corrected chi connectivity index (χ0v) is 23.1. The van der Waals surface area contributed by atoms with E-state index in [-0.39, 0.29) is 49.1 Å². The summed E-state index contributed by atoms with van der Waals surface area (Å²) in [7, 11) is 0. The minimum Gasteiger partial charge on any atom is -0.518 e. The van der Waals surface area contributed by atoms with Crippen LogP contribution in [0.3, 0.4) is 0 Å². The van der Waals surface area contributed by atoms with Crippen LogP contribution in [-0.2, 0) is 20.1 Å². The predicted octanol–water partition coefficient (Wildman–Crippen LogP) is 6.65. The maximum Gasteiger partial charge on any atom is 0.0651 e. The fraction of sp³-hybridized carbons (Fsp3) is 0.552. The molecule has 4 nitrogen and oxygen atoms in total. The first kappa shape index (κ1) is 27.1. The number of hydrogen-bond acceptors (Lipinski definition) is 4. The zero-order valence-electron chi connectivity index (χ0n) is 20.8. The van der Waals surface area contributed by atoms with E-state index in [0.29, 0.717) is 11.7 Å². The molecule has 5 rings (SSSR count). The fourth-order valence-corrected chi connectivity index (χ4v) is 6.58. The van der Waals surface area contributed by atoms with Crippen LogP contribution in [0.4, 0.5) is 0 Å². The second-order valence-corrected chi connectivity index (χ2v) is 10.0. The third-order valence-corrected chi connectivity index (χ3v) is 8.93. The smallest absolute Gasteiger partial charge is 0.0651 e. The van der Waals surface area contributed by atoms with E-state index in [4.69, 9.17) is 4.42 Å². The van der Waals surface area contributed by atoms with Crippen molar-refractivity contribution >= 4 is 11.0 Å². The van der Waals surface area contributed by atoms with Gasteiger partial charge < -0.3 is 19.6 Å². The van der Waals surface area contributed by atoms with Gasteiger partial charge in [0.05, 0.1) is 18.0 Å². The molecular formula is C29H38IrNO3-. The van der Waals surface area contributed by atoms with Gasteiger partial charge in [-0.15, -0.1) is 17.5 Å². The minimum absolute atomic E-state index is 0. The average Bonchev–Trinajstić information content (AvgIpc) is 3.50. The third kappa shape index (κ3) is 4.65. The van der Waals surface area contributed by atoms with Crippen LogP contribution in [0, 0.1) is 28.7 Å². The molecule has 0 spiro atoms. The van der Waals surface area contributed by atoms with Gasteiger partial charge in [-0.3, -0.25) is 0 Å². The van der Waals surface area contributed by atoms with Gasteiger partial charge in [0.1, 0.15) is 0 Å². The van der Waals surface area contributed by atoms with Crippen molar-refractivity contribution in [1.82, 2.24) is 4.98 Å². The van der Waals surface area contributed by atoms with Crippen LogP contribution in [0.2, 0.25) is 0 Å². The maximum absolute atomic E-state index is 10.7. The van der Waals surface area contributed by atoms with Crippen molar-refractivity contribution in [1.29, 1.82) is 0 Å². The van der Waals surface area contributed by atoms with Gasteiger partial charge in [0.25, 0.3) is 0 Å². The van der Waals surface area contributed by atoms with E-state index in [1.807, 2.05) is 42.5 Å². The quantitative estimate of drug-likeness (QED) is 0.307. The number of aliphatic hydroxyl groups is 2. The van der Waals surface area contributed by atoms with Crippen LogP contribution in [0.1, 0.15) is 66.2 Å². The molecule has 2 unspecified atom stereocenters. The minimum atomic E-state index is -0.299. The number of fused-ring (bicyclic) bond motifs is 2. The van der Waals surface area contributed by atoms with Gasteiger partial charge in [-0.1, -0.05) is 58.0 Å². The summed E-state index contributed by atoms with van der Waals surface area (Å²) in [5, 5.41) is 22.5. The van der Waals surface area contributed by atoms with Crippen LogP contribution in [0.25, 0.3) is 22.4 Å². The number of aromatic nitrogens is 1. The molecular weight excluding hydrogens is 603 g/mol. The normalized spacial score (nSPS) is 26.4. The second-order valence-electron chi connectivity index (χ2n) is 10.0. The Bertz CT molecular complexity index is 981. The summed E-state index contributed by atoms with van der Waals surface area (Å²) in [6.45, 7) is 8.75. The van der Waals surface area contributed by atoms with E-state index in [2.05, 4.69) is 38.7 Å². The van der Waals surface area contributed by atoms with Crippen molar-refractivity contribution in [2.75, 3.05) is 0 Å². The molecule has 5 heteroatoms. The Hall–Kier alpha value is -1.52. The summed E-state index contributed by atoms with van der Waals surface area (Å²) in [6, 6.07) is 16.7. The predicted molar refractivity (Wildman–Crippen MR) is 133 cm³/mol. The topological polar surface area (TPSA) is 66.5 Å². The molecule has 34 heavy (non-hydrogen) atoms. The van der Waals surface area contributed by atoms with Gasteiger partial charge >= 0.3 is 0 Å². The standard InChI is InChI=1S/C16H30O2.C13H8NO.Ir/c1-5-15(6-2)9-11-10-16(7-3,8-4)14(18)12(11)13(15)17;1-2-7-12-10(5-1)9-13(15-12)11-6-3-4-8-14-11;/h11-14,17-18H,5-10H2,1-4H3;1-8H;/q;-1;. The molecule has 2 N–H and O–H groups in total. The molecule has 187 valence electrons. The van der Waals surface area contributed by atoms with E-state index in [9.17, 15) is 10.2 Å². The molecule has 2 aromatic heterocycles. The van der Waals surface area contributed by atoms with Crippen LogP contribution >= 0.6 is 0 Å². The molecule has 0 amide bonds. The Morgan fingerprint density at radius 1 is 0.882 bits per heavy atom. The van der Waals surface area contributed by atoms with E-state index in [1.165, 1.54) is 0 Å². The number of rotatable bonds is 5. The van der Waals surface area contributed by atoms with Crippen molar-refractivity contribution in [3.05, 3.63) is 54.7 Å². The molecule has 1 radical (unpaired) electrons. The Morgan fingerprint density at radius 3 is 1.91 bits per heavy atom. The Balaban J connectivity index is 0.000000187. The molecule has 0 saturated heterocycles. The van der Waals surface area contributed by atoms with Gasteiger partial charge in [0.15, 0.2) is 0 Å². The van der Waals surface area contributed by atoms with Gasteiger partial charge in [-0.05, 0) is 61.3 Å². The van der Waals surface area contributed by atoms with E-state index < -0.39 is 0 Å². The van der Waals surface area contributed by atoms with Gasteiger partial charge in [-0.2, -0.15) is 0 Å². The maximum atomic E-state index is 10.7. The molecule has 2 atom stereocenters. The molecule has 3 aromatic rings. The van der Waals surface area contributed by atoms with Crippen molar-refractivity contribution in [2.45, 2.75) is 78.4 Å². The third-order valence-electron chi connectivity index (χ3n) is 8.93. The molecule has 1 aromatic carbocycles. The number of pyridine rings is 1. The number of furan rings is 1. The summed E-state index contributed by atoms with van der Waals surface area (Å²) < 4.78 is 5.64. The van der Waals surface area contributed by atoms with Crippen molar-refractivity contribution in [3.8, 4) is 11.5 Å². The molecule has 0 bridgehead atoms. The zero-order chi connectivity index (χ0) is 23.6. The Morgan fingerprint density at radius 2 is 1.44 bits per heavy atom. The summed E-state index contributed by atoms with van der Waals surface area (Å²) >= 11 is 0. The number of hydrogen-bond donors (Lipinski definition) is 2. The van der Waals surface area contributed by atoms with Gasteiger partial charge in [0, 0.05) is 43.5 Å². The Labute approximate surface area is 217 Å². The van der Waals surface area contributed by atoms with E-state index in [0.717, 1.165) is 55.2 Å². The molecule has 2 fully saturated rings. The van der Waals surface area contributed by atoms with Crippen LogP contribution in [0.15, 0.2) is 53.1 Å². The number of nitrogens with zero attached hydrogens (tertiary/aromatic N) is 1. The monoisotopic (exact) mass is 641 g/mol. The number of aliphatic hydroxyl groups excluding tert-OH is 2. The number of para-hydroxylation sites is 1. The van der Waals surface area contributed by atoms with E-state index in [1.54, 1.807) is 6.20 Å². The number of benzene rings is 1. The summed E-state index contributed by atoms with van der Waals surface area (Å²) in [5.41, 5.74) is 1.81. The second kappa shape index (κ2) is 11.0. The Kier molecular flexibility index (Phi) is 8.79. The summed E-state index contributed by atoms with van der Waals surface area (Å²) in [6.07, 6.45) is 7.53. The average molecular weight is 641 g/mol. The van der Waals surface area contributed by atoms with E-state index >= 15 is 0 Å². The van der Waals surface area contributed by atoms with Crippen LogP contribution in [-0.4, -0.2) is 27.4 Å². The van der Waals surface area contributed by atoms with Crippen molar-refractivity contribution in [3.63, 3.8) is 0 Å².